The highest BCUT2D eigenvalue weighted by Gasteiger charge is 2.16. The first-order valence-corrected chi connectivity index (χ1v) is 10.3. The van der Waals surface area contributed by atoms with Crippen molar-refractivity contribution in [2.75, 3.05) is 0 Å². The number of halogens is 2. The molecule has 0 unspecified atom stereocenters. The molecule has 6 heteroatoms. The molecule has 0 N–H and O–H groups in total. The van der Waals surface area contributed by atoms with Gasteiger partial charge in [0, 0.05) is 22.5 Å². The van der Waals surface area contributed by atoms with Gasteiger partial charge in [0.15, 0.2) is 5.16 Å². The molecule has 0 saturated carbocycles. The van der Waals surface area contributed by atoms with Crippen LogP contribution in [0.25, 0.3) is 11.0 Å². The molecular formula is C22H19ClFN3S. The summed E-state index contributed by atoms with van der Waals surface area (Å²) in [7, 11) is 0. The summed E-state index contributed by atoms with van der Waals surface area (Å²) >= 11 is 7.90. The van der Waals surface area contributed by atoms with Crippen LogP contribution in [0.1, 0.15) is 22.3 Å². The number of rotatable bonds is 5. The lowest BCUT2D eigenvalue weighted by atomic mass is 10.1. The first-order chi connectivity index (χ1) is 13.5. The minimum atomic E-state index is -0.316. The Hall–Kier alpha value is -2.37. The van der Waals surface area contributed by atoms with E-state index in [0.717, 1.165) is 21.9 Å². The van der Waals surface area contributed by atoms with Gasteiger partial charge in [-0.15, -0.1) is 0 Å². The summed E-state index contributed by atoms with van der Waals surface area (Å²) in [6, 6.07) is 13.1. The molecular weight excluding hydrogens is 393 g/mol. The fourth-order valence-electron chi connectivity index (χ4n) is 3.15. The first-order valence-electron chi connectivity index (χ1n) is 8.95. The quantitative estimate of drug-likeness (QED) is 0.367. The van der Waals surface area contributed by atoms with Crippen molar-refractivity contribution >= 4 is 34.4 Å². The van der Waals surface area contributed by atoms with Gasteiger partial charge in [-0.25, -0.2) is 9.37 Å². The van der Waals surface area contributed by atoms with Crippen LogP contribution in [0, 0.1) is 19.7 Å². The molecule has 2 aromatic heterocycles. The summed E-state index contributed by atoms with van der Waals surface area (Å²) in [4.78, 5) is 8.98. The van der Waals surface area contributed by atoms with Crippen LogP contribution in [0.5, 0.6) is 0 Å². The Kier molecular flexibility index (Phi) is 5.38. The van der Waals surface area contributed by atoms with Crippen molar-refractivity contribution in [3.8, 4) is 0 Å². The molecule has 2 aromatic carbocycles. The third-order valence-corrected chi connectivity index (χ3v) is 6.13. The van der Waals surface area contributed by atoms with E-state index < -0.39 is 0 Å². The van der Waals surface area contributed by atoms with Crippen LogP contribution in [0.3, 0.4) is 0 Å². The Morgan fingerprint density at radius 3 is 2.82 bits per heavy atom. The zero-order valence-corrected chi connectivity index (χ0v) is 17.2. The second kappa shape index (κ2) is 7.94. The minimum absolute atomic E-state index is 0.308. The van der Waals surface area contributed by atoms with E-state index in [9.17, 15) is 4.39 Å². The Bertz CT molecular complexity index is 1140. The SMILES string of the molecule is Cc1ccc(C)c(CSc2nc3ccncc3n2Cc2c(F)cccc2Cl)c1. The molecule has 0 saturated heterocycles. The Morgan fingerprint density at radius 1 is 1.14 bits per heavy atom. The van der Waals surface area contributed by atoms with Gasteiger partial charge in [-0.2, -0.15) is 0 Å². The standard InChI is InChI=1S/C22H19ClFN3S/c1-14-6-7-15(2)16(10-14)13-28-22-26-20-8-9-25-11-21(20)27(22)12-17-18(23)4-3-5-19(17)24/h3-11H,12-13H2,1-2H3. The molecule has 0 aliphatic carbocycles. The molecule has 142 valence electrons. The van der Waals surface area contributed by atoms with Gasteiger partial charge in [0.25, 0.3) is 0 Å². The van der Waals surface area contributed by atoms with Gasteiger partial charge < -0.3 is 4.57 Å². The largest absolute Gasteiger partial charge is 0.313 e. The minimum Gasteiger partial charge on any atom is -0.313 e. The van der Waals surface area contributed by atoms with E-state index in [0.29, 0.717) is 17.1 Å². The molecule has 4 rings (SSSR count). The highest BCUT2D eigenvalue weighted by molar-refractivity contribution is 7.98. The van der Waals surface area contributed by atoms with Crippen LogP contribution in [0.4, 0.5) is 4.39 Å². The van der Waals surface area contributed by atoms with Crippen LogP contribution < -0.4 is 0 Å². The summed E-state index contributed by atoms with van der Waals surface area (Å²) in [5.74, 6) is 0.471. The van der Waals surface area contributed by atoms with Gasteiger partial charge in [-0.3, -0.25) is 4.98 Å². The molecule has 28 heavy (non-hydrogen) atoms. The van der Waals surface area contributed by atoms with Gasteiger partial charge in [0.2, 0.25) is 0 Å². The molecule has 4 aromatic rings. The summed E-state index contributed by atoms with van der Waals surface area (Å²) in [5, 5.41) is 1.24. The molecule has 0 spiro atoms. The van der Waals surface area contributed by atoms with E-state index in [1.54, 1.807) is 36.3 Å². The Morgan fingerprint density at radius 2 is 2.00 bits per heavy atom. The highest BCUT2D eigenvalue weighted by Crippen LogP contribution is 2.30. The monoisotopic (exact) mass is 411 g/mol. The van der Waals surface area contributed by atoms with Crippen LogP contribution >= 0.6 is 23.4 Å². The number of hydrogen-bond donors (Lipinski definition) is 0. The van der Waals surface area contributed by atoms with E-state index in [4.69, 9.17) is 16.6 Å². The van der Waals surface area contributed by atoms with Crippen LogP contribution in [-0.2, 0) is 12.3 Å². The van der Waals surface area contributed by atoms with Crippen molar-refractivity contribution in [1.29, 1.82) is 0 Å². The van der Waals surface area contributed by atoms with Gasteiger partial charge in [0.1, 0.15) is 5.82 Å². The third kappa shape index (κ3) is 3.77. The molecule has 0 atom stereocenters. The Balaban J connectivity index is 1.72. The molecule has 0 fully saturated rings. The number of thioether (sulfide) groups is 1. The second-order valence-electron chi connectivity index (χ2n) is 6.76. The summed E-state index contributed by atoms with van der Waals surface area (Å²) < 4.78 is 16.4. The Labute approximate surface area is 172 Å². The number of benzene rings is 2. The van der Waals surface area contributed by atoms with E-state index in [1.165, 1.54) is 22.8 Å². The maximum absolute atomic E-state index is 14.4. The number of imidazole rings is 1. The molecule has 3 nitrogen and oxygen atoms in total. The zero-order valence-electron chi connectivity index (χ0n) is 15.6. The average molecular weight is 412 g/mol. The van der Waals surface area contributed by atoms with Gasteiger partial charge in [-0.1, -0.05) is 53.2 Å². The zero-order chi connectivity index (χ0) is 19.7. The molecule has 0 aliphatic rings. The van der Waals surface area contributed by atoms with Crippen molar-refractivity contribution in [3.05, 3.63) is 88.0 Å². The van der Waals surface area contributed by atoms with E-state index in [-0.39, 0.29) is 5.82 Å². The first kappa shape index (κ1) is 19.0. The van der Waals surface area contributed by atoms with Crippen molar-refractivity contribution in [1.82, 2.24) is 14.5 Å². The number of aromatic nitrogens is 3. The van der Waals surface area contributed by atoms with Crippen molar-refractivity contribution in [3.63, 3.8) is 0 Å². The van der Waals surface area contributed by atoms with E-state index in [2.05, 4.69) is 37.0 Å². The van der Waals surface area contributed by atoms with Gasteiger partial charge >= 0.3 is 0 Å². The lowest BCUT2D eigenvalue weighted by molar-refractivity contribution is 0.594. The maximum atomic E-state index is 14.4. The predicted octanol–water partition coefficient (Wildman–Crippen LogP) is 6.18. The maximum Gasteiger partial charge on any atom is 0.169 e. The van der Waals surface area contributed by atoms with Crippen LogP contribution in [-0.4, -0.2) is 14.5 Å². The smallest absolute Gasteiger partial charge is 0.169 e. The third-order valence-electron chi connectivity index (χ3n) is 4.75. The topological polar surface area (TPSA) is 30.7 Å². The van der Waals surface area contributed by atoms with Gasteiger partial charge in [0.05, 0.1) is 23.8 Å². The second-order valence-corrected chi connectivity index (χ2v) is 8.11. The fourth-order valence-corrected chi connectivity index (χ4v) is 4.45. The van der Waals surface area contributed by atoms with E-state index >= 15 is 0 Å². The van der Waals surface area contributed by atoms with Crippen LogP contribution in [0.15, 0.2) is 60.0 Å². The highest BCUT2D eigenvalue weighted by atomic mass is 35.5. The molecule has 0 amide bonds. The van der Waals surface area contributed by atoms with Crippen molar-refractivity contribution in [2.24, 2.45) is 0 Å². The van der Waals surface area contributed by atoms with Crippen molar-refractivity contribution < 1.29 is 4.39 Å². The van der Waals surface area contributed by atoms with Crippen LogP contribution in [0.2, 0.25) is 5.02 Å². The number of fused-ring (bicyclic) bond motifs is 1. The molecule has 2 heterocycles. The molecule has 0 bridgehead atoms. The molecule has 0 radical (unpaired) electrons. The molecule has 0 aliphatic heterocycles. The summed E-state index contributed by atoms with van der Waals surface area (Å²) in [5.41, 5.74) is 5.92. The lowest BCUT2D eigenvalue weighted by Gasteiger charge is -2.12. The summed E-state index contributed by atoms with van der Waals surface area (Å²) in [6.07, 6.45) is 3.48. The number of nitrogens with zero attached hydrogens (tertiary/aromatic N) is 3. The fraction of sp³-hybridized carbons (Fsp3) is 0.182. The number of aryl methyl sites for hydroxylation is 2. The lowest BCUT2D eigenvalue weighted by Crippen LogP contribution is -2.05. The van der Waals surface area contributed by atoms with E-state index in [1.807, 2.05) is 10.6 Å². The summed E-state index contributed by atoms with van der Waals surface area (Å²) in [6.45, 7) is 4.51. The number of pyridine rings is 1. The van der Waals surface area contributed by atoms with Gasteiger partial charge in [-0.05, 0) is 43.2 Å². The predicted molar refractivity (Wildman–Crippen MR) is 114 cm³/mol. The normalized spacial score (nSPS) is 11.3. The number of hydrogen-bond acceptors (Lipinski definition) is 3. The average Bonchev–Trinajstić information content (AvgIpc) is 3.03. The van der Waals surface area contributed by atoms with Crippen molar-refractivity contribution in [2.45, 2.75) is 31.3 Å².